The molecule has 0 bridgehead atoms. The highest BCUT2D eigenvalue weighted by atomic mass is 35.5. The van der Waals surface area contributed by atoms with E-state index in [4.69, 9.17) is 23.2 Å². The second kappa shape index (κ2) is 4.16. The zero-order chi connectivity index (χ0) is 11.9. The molecule has 1 atom stereocenters. The largest absolute Gasteiger partial charge is 0.255 e. The summed E-state index contributed by atoms with van der Waals surface area (Å²) in [6, 6.07) is 3.20. The standard InChI is InChI=1S/C9H10Cl2N2O2S/c1-2-7-5-3-4-6(10)8(11)9(5)16(14,15)13-12-7/h3-4,7,12-13H,2H2,1H3. The number of hydrogen-bond donors (Lipinski definition) is 2. The fourth-order valence-corrected chi connectivity index (χ4v) is 3.65. The molecule has 7 heteroatoms. The molecule has 1 unspecified atom stereocenters. The molecule has 2 rings (SSSR count). The Kier molecular flexibility index (Phi) is 3.16. The van der Waals surface area contributed by atoms with E-state index in [0.717, 1.165) is 6.42 Å². The van der Waals surface area contributed by atoms with E-state index in [1.165, 1.54) is 0 Å². The predicted octanol–water partition coefficient (Wildman–Crippen LogP) is 2.24. The van der Waals surface area contributed by atoms with Gasteiger partial charge in [0, 0.05) is 6.04 Å². The van der Waals surface area contributed by atoms with Gasteiger partial charge in [-0.2, -0.15) is 0 Å². The average molecular weight is 281 g/mol. The Balaban J connectivity index is 2.74. The van der Waals surface area contributed by atoms with Crippen LogP contribution < -0.4 is 10.3 Å². The summed E-state index contributed by atoms with van der Waals surface area (Å²) in [4.78, 5) is 2.34. The number of sulfonamides is 1. The smallest absolute Gasteiger partial charge is 0.236 e. The fourth-order valence-electron chi connectivity index (χ4n) is 1.69. The van der Waals surface area contributed by atoms with Crippen LogP contribution in [0.5, 0.6) is 0 Å². The van der Waals surface area contributed by atoms with E-state index in [9.17, 15) is 8.42 Å². The molecule has 0 aromatic heterocycles. The minimum Gasteiger partial charge on any atom is -0.236 e. The lowest BCUT2D eigenvalue weighted by Crippen LogP contribution is -2.44. The maximum Gasteiger partial charge on any atom is 0.255 e. The highest BCUT2D eigenvalue weighted by Crippen LogP contribution is 2.37. The second-order valence-corrected chi connectivity index (χ2v) is 5.89. The molecule has 4 nitrogen and oxygen atoms in total. The normalized spacial score (nSPS) is 22.8. The Morgan fingerprint density at radius 2 is 2.06 bits per heavy atom. The summed E-state index contributed by atoms with van der Waals surface area (Å²) in [5.41, 5.74) is 3.37. The van der Waals surface area contributed by atoms with E-state index >= 15 is 0 Å². The van der Waals surface area contributed by atoms with E-state index in [1.807, 2.05) is 6.92 Å². The van der Waals surface area contributed by atoms with Gasteiger partial charge in [0.2, 0.25) is 0 Å². The Bertz CT molecular complexity index is 531. The van der Waals surface area contributed by atoms with Crippen molar-refractivity contribution in [1.29, 1.82) is 0 Å². The molecular formula is C9H10Cl2N2O2S. The Morgan fingerprint density at radius 1 is 1.38 bits per heavy atom. The van der Waals surface area contributed by atoms with Crippen molar-refractivity contribution >= 4 is 33.2 Å². The first-order chi connectivity index (χ1) is 7.47. The van der Waals surface area contributed by atoms with E-state index < -0.39 is 10.0 Å². The summed E-state index contributed by atoms with van der Waals surface area (Å²) in [7, 11) is -3.62. The van der Waals surface area contributed by atoms with Crippen molar-refractivity contribution < 1.29 is 8.42 Å². The molecule has 1 aliphatic heterocycles. The van der Waals surface area contributed by atoms with E-state index in [0.29, 0.717) is 5.56 Å². The van der Waals surface area contributed by atoms with Gasteiger partial charge in [-0.15, -0.1) is 4.83 Å². The summed E-state index contributed by atoms with van der Waals surface area (Å²) in [6.07, 6.45) is 0.744. The number of rotatable bonds is 1. The van der Waals surface area contributed by atoms with Gasteiger partial charge in [-0.25, -0.2) is 13.8 Å². The molecule has 2 N–H and O–H groups in total. The van der Waals surface area contributed by atoms with Gasteiger partial charge < -0.3 is 0 Å². The maximum absolute atomic E-state index is 11.8. The Labute approximate surface area is 104 Å². The Morgan fingerprint density at radius 3 is 2.69 bits per heavy atom. The van der Waals surface area contributed by atoms with Gasteiger partial charge in [0.05, 0.1) is 10.0 Å². The quantitative estimate of drug-likeness (QED) is 0.830. The Hall–Kier alpha value is -0.330. The van der Waals surface area contributed by atoms with Crippen molar-refractivity contribution in [1.82, 2.24) is 10.3 Å². The monoisotopic (exact) mass is 280 g/mol. The first kappa shape index (κ1) is 12.1. The number of hydrogen-bond acceptors (Lipinski definition) is 3. The van der Waals surface area contributed by atoms with E-state index in [2.05, 4.69) is 10.3 Å². The van der Waals surface area contributed by atoms with Gasteiger partial charge in [-0.05, 0) is 18.1 Å². The van der Waals surface area contributed by atoms with Crippen LogP contribution in [0.2, 0.25) is 10.0 Å². The molecule has 0 radical (unpaired) electrons. The first-order valence-electron chi connectivity index (χ1n) is 4.72. The molecule has 88 valence electrons. The highest BCUT2D eigenvalue weighted by molar-refractivity contribution is 7.89. The van der Waals surface area contributed by atoms with Crippen LogP contribution in [-0.4, -0.2) is 8.42 Å². The maximum atomic E-state index is 11.8. The molecule has 1 aromatic carbocycles. The molecule has 0 fully saturated rings. The third-order valence-electron chi connectivity index (χ3n) is 2.50. The zero-order valence-corrected chi connectivity index (χ0v) is 10.7. The highest BCUT2D eigenvalue weighted by Gasteiger charge is 2.31. The molecule has 0 saturated heterocycles. The summed E-state index contributed by atoms with van der Waals surface area (Å²) in [6.45, 7) is 1.95. The lowest BCUT2D eigenvalue weighted by atomic mass is 10.1. The topological polar surface area (TPSA) is 58.2 Å². The number of hydrazine groups is 1. The van der Waals surface area contributed by atoms with Gasteiger partial charge in [0.25, 0.3) is 10.0 Å². The molecular weight excluding hydrogens is 271 g/mol. The van der Waals surface area contributed by atoms with Gasteiger partial charge in [0.15, 0.2) is 0 Å². The van der Waals surface area contributed by atoms with Crippen LogP contribution >= 0.6 is 23.2 Å². The van der Waals surface area contributed by atoms with Crippen LogP contribution in [0.1, 0.15) is 24.9 Å². The van der Waals surface area contributed by atoms with E-state index in [1.54, 1.807) is 12.1 Å². The number of benzene rings is 1. The van der Waals surface area contributed by atoms with Crippen LogP contribution in [0, 0.1) is 0 Å². The van der Waals surface area contributed by atoms with Crippen molar-refractivity contribution in [2.45, 2.75) is 24.3 Å². The SMILES string of the molecule is CCC1NNS(=O)(=O)c2c1ccc(Cl)c2Cl. The average Bonchev–Trinajstić information content (AvgIpc) is 2.23. The predicted molar refractivity (Wildman–Crippen MR) is 63.0 cm³/mol. The minimum absolute atomic E-state index is 0.0756. The molecule has 1 aliphatic rings. The molecule has 1 heterocycles. The second-order valence-electron chi connectivity index (χ2n) is 3.49. The van der Waals surface area contributed by atoms with Crippen molar-refractivity contribution in [3.63, 3.8) is 0 Å². The van der Waals surface area contributed by atoms with Gasteiger partial charge >= 0.3 is 0 Å². The van der Waals surface area contributed by atoms with Crippen molar-refractivity contribution in [2.75, 3.05) is 0 Å². The van der Waals surface area contributed by atoms with Crippen molar-refractivity contribution in [3.8, 4) is 0 Å². The summed E-state index contributed by atoms with van der Waals surface area (Å²) >= 11 is 11.8. The summed E-state index contributed by atoms with van der Waals surface area (Å²) < 4.78 is 23.6. The van der Waals surface area contributed by atoms with Gasteiger partial charge in [0.1, 0.15) is 4.90 Å². The van der Waals surface area contributed by atoms with Crippen LogP contribution in [0.3, 0.4) is 0 Å². The fraction of sp³-hybridized carbons (Fsp3) is 0.333. The third kappa shape index (κ3) is 1.83. The van der Waals surface area contributed by atoms with Gasteiger partial charge in [-0.1, -0.05) is 36.2 Å². The lowest BCUT2D eigenvalue weighted by Gasteiger charge is -2.27. The molecule has 16 heavy (non-hydrogen) atoms. The van der Waals surface area contributed by atoms with Gasteiger partial charge in [-0.3, -0.25) is 0 Å². The third-order valence-corrected chi connectivity index (χ3v) is 4.78. The van der Waals surface area contributed by atoms with Crippen LogP contribution in [0.25, 0.3) is 0 Å². The number of nitrogens with one attached hydrogen (secondary N) is 2. The van der Waals surface area contributed by atoms with Crippen LogP contribution in [-0.2, 0) is 10.0 Å². The number of fused-ring (bicyclic) bond motifs is 1. The van der Waals surface area contributed by atoms with Crippen molar-refractivity contribution in [2.24, 2.45) is 0 Å². The number of halogens is 2. The lowest BCUT2D eigenvalue weighted by molar-refractivity contribution is 0.456. The first-order valence-corrected chi connectivity index (χ1v) is 6.96. The molecule has 0 spiro atoms. The van der Waals surface area contributed by atoms with E-state index in [-0.39, 0.29) is 21.0 Å². The minimum atomic E-state index is -3.62. The summed E-state index contributed by atoms with van der Waals surface area (Å²) in [5.74, 6) is 0. The van der Waals surface area contributed by atoms with Crippen molar-refractivity contribution in [3.05, 3.63) is 27.7 Å². The summed E-state index contributed by atoms with van der Waals surface area (Å²) in [5, 5.41) is 0.314. The molecule has 1 aromatic rings. The molecule has 0 amide bonds. The zero-order valence-electron chi connectivity index (χ0n) is 8.42. The molecule has 0 saturated carbocycles. The molecule has 0 aliphatic carbocycles. The van der Waals surface area contributed by atoms with Crippen LogP contribution in [0.4, 0.5) is 0 Å². The van der Waals surface area contributed by atoms with Crippen LogP contribution in [0.15, 0.2) is 17.0 Å².